The van der Waals surface area contributed by atoms with E-state index in [1.165, 1.54) is 0 Å². The predicted octanol–water partition coefficient (Wildman–Crippen LogP) is 5.19. The zero-order chi connectivity index (χ0) is 21.9. The van der Waals surface area contributed by atoms with Crippen molar-refractivity contribution in [3.63, 3.8) is 0 Å². The Morgan fingerprint density at radius 2 is 1.94 bits per heavy atom. The highest BCUT2D eigenvalue weighted by Crippen LogP contribution is 2.33. The highest BCUT2D eigenvalue weighted by atomic mass is 16.5. The maximum atomic E-state index is 13.6. The van der Waals surface area contributed by atoms with Crippen LogP contribution in [0.5, 0.6) is 5.75 Å². The Balaban J connectivity index is 1.42. The summed E-state index contributed by atoms with van der Waals surface area (Å²) in [6.07, 6.45) is 6.86. The van der Waals surface area contributed by atoms with Crippen molar-refractivity contribution in [3.05, 3.63) is 89.9 Å². The first-order valence-corrected chi connectivity index (χ1v) is 11.0. The number of carbonyl (C=O) groups excluding carboxylic acids is 1. The van der Waals surface area contributed by atoms with E-state index in [4.69, 9.17) is 9.15 Å². The smallest absolute Gasteiger partial charge is 0.273 e. The number of aromatic nitrogens is 2. The minimum absolute atomic E-state index is 0.0732. The molecule has 2 aromatic carbocycles. The molecular weight excluding hydrogens is 402 g/mol. The Morgan fingerprint density at radius 3 is 2.84 bits per heavy atom. The summed E-state index contributed by atoms with van der Waals surface area (Å²) in [5, 5.41) is 1.88. The number of fused-ring (bicyclic) bond motifs is 1. The molecule has 3 heterocycles. The van der Waals surface area contributed by atoms with Crippen molar-refractivity contribution in [2.45, 2.75) is 31.7 Å². The quantitative estimate of drug-likeness (QED) is 0.438. The molecule has 4 aromatic rings. The number of pyridine rings is 1. The van der Waals surface area contributed by atoms with Gasteiger partial charge in [0.25, 0.3) is 5.91 Å². The Labute approximate surface area is 186 Å². The first-order chi connectivity index (χ1) is 15.7. The summed E-state index contributed by atoms with van der Waals surface area (Å²) in [5.74, 6) is 2.09. The lowest BCUT2D eigenvalue weighted by molar-refractivity contribution is 0.0566. The van der Waals surface area contributed by atoms with E-state index in [2.05, 4.69) is 9.97 Å². The highest BCUT2D eigenvalue weighted by Gasteiger charge is 2.33. The summed E-state index contributed by atoms with van der Waals surface area (Å²) >= 11 is 0. The van der Waals surface area contributed by atoms with Gasteiger partial charge >= 0.3 is 0 Å². The minimum Gasteiger partial charge on any atom is -0.496 e. The Kier molecular flexibility index (Phi) is 5.58. The molecule has 0 spiro atoms. The molecule has 1 amide bonds. The third kappa shape index (κ3) is 3.84. The van der Waals surface area contributed by atoms with Gasteiger partial charge in [0.1, 0.15) is 23.2 Å². The van der Waals surface area contributed by atoms with Crippen LogP contribution in [-0.2, 0) is 6.42 Å². The van der Waals surface area contributed by atoms with Crippen molar-refractivity contribution in [1.29, 1.82) is 0 Å². The van der Waals surface area contributed by atoms with Crippen LogP contribution >= 0.6 is 0 Å². The summed E-state index contributed by atoms with van der Waals surface area (Å²) in [6, 6.07) is 17.5. The maximum absolute atomic E-state index is 13.6. The van der Waals surface area contributed by atoms with Crippen LogP contribution in [0, 0.1) is 0 Å². The summed E-state index contributed by atoms with van der Waals surface area (Å²) in [7, 11) is 1.66. The summed E-state index contributed by atoms with van der Waals surface area (Å²) in [4.78, 5) is 24.4. The molecule has 6 heteroatoms. The molecule has 5 rings (SSSR count). The number of para-hydroxylation sites is 1. The molecule has 1 saturated heterocycles. The number of hydrogen-bond donors (Lipinski definition) is 0. The Bertz CT molecular complexity index is 1240. The van der Waals surface area contributed by atoms with Crippen LogP contribution < -0.4 is 4.74 Å². The van der Waals surface area contributed by atoms with Crippen LogP contribution in [0.25, 0.3) is 10.8 Å². The first kappa shape index (κ1) is 20.2. The fourth-order valence-electron chi connectivity index (χ4n) is 4.45. The van der Waals surface area contributed by atoms with Crippen LogP contribution in [0.1, 0.15) is 53.0 Å². The normalized spacial score (nSPS) is 16.3. The number of nitrogens with zero attached hydrogens (tertiary/aromatic N) is 3. The maximum Gasteiger partial charge on any atom is 0.273 e. The van der Waals surface area contributed by atoms with Crippen LogP contribution in [-0.4, -0.2) is 34.4 Å². The molecule has 2 aromatic heterocycles. The highest BCUT2D eigenvalue weighted by molar-refractivity contribution is 6.05. The molecule has 162 valence electrons. The molecule has 1 atom stereocenters. The molecule has 0 bridgehead atoms. The number of oxazole rings is 1. The van der Waals surface area contributed by atoms with E-state index in [1.807, 2.05) is 59.5 Å². The molecular formula is C26H25N3O3. The molecule has 1 fully saturated rings. The molecule has 0 N–H and O–H groups in total. The van der Waals surface area contributed by atoms with Crippen molar-refractivity contribution in [2.75, 3.05) is 13.7 Å². The van der Waals surface area contributed by atoms with Crippen molar-refractivity contribution >= 4 is 16.7 Å². The van der Waals surface area contributed by atoms with Gasteiger partial charge in [-0.25, -0.2) is 4.98 Å². The number of rotatable bonds is 5. The second kappa shape index (κ2) is 8.83. The predicted molar refractivity (Wildman–Crippen MR) is 122 cm³/mol. The average molecular weight is 428 g/mol. The number of amides is 1. The third-order valence-electron chi connectivity index (χ3n) is 6.05. The second-order valence-electron chi connectivity index (χ2n) is 8.04. The zero-order valence-electron chi connectivity index (χ0n) is 18.0. The van der Waals surface area contributed by atoms with Gasteiger partial charge in [-0.2, -0.15) is 0 Å². The summed E-state index contributed by atoms with van der Waals surface area (Å²) in [6.45, 7) is 0.665. The summed E-state index contributed by atoms with van der Waals surface area (Å²) < 4.78 is 11.6. The van der Waals surface area contributed by atoms with Gasteiger partial charge in [0, 0.05) is 30.1 Å². The number of methoxy groups -OCH3 is 1. The number of likely N-dealkylation sites (tertiary alicyclic amines) is 1. The largest absolute Gasteiger partial charge is 0.496 e. The van der Waals surface area contributed by atoms with E-state index in [9.17, 15) is 4.79 Å². The van der Waals surface area contributed by atoms with Gasteiger partial charge in [-0.15, -0.1) is 0 Å². The van der Waals surface area contributed by atoms with E-state index in [0.29, 0.717) is 24.6 Å². The number of piperidine rings is 1. The lowest BCUT2D eigenvalue weighted by atomic mass is 10.0. The minimum atomic E-state index is -0.191. The zero-order valence-corrected chi connectivity index (χ0v) is 18.0. The Hall–Kier alpha value is -3.67. The second-order valence-corrected chi connectivity index (χ2v) is 8.04. The van der Waals surface area contributed by atoms with Crippen LogP contribution in [0.15, 0.2) is 71.4 Å². The molecule has 1 aliphatic rings. The van der Waals surface area contributed by atoms with E-state index in [0.717, 1.165) is 47.1 Å². The van der Waals surface area contributed by atoms with Gasteiger partial charge in [0.2, 0.25) is 5.89 Å². The average Bonchev–Trinajstić information content (AvgIpc) is 3.32. The monoisotopic (exact) mass is 427 g/mol. The number of ether oxygens (including phenoxy) is 1. The molecule has 0 aliphatic carbocycles. The molecule has 0 radical (unpaired) electrons. The molecule has 0 unspecified atom stereocenters. The van der Waals surface area contributed by atoms with Crippen LogP contribution in [0.4, 0.5) is 0 Å². The van der Waals surface area contributed by atoms with Gasteiger partial charge in [-0.05, 0) is 36.8 Å². The SMILES string of the molecule is COc1ccccc1Cc1cnc([C@H]2CCCCN2C(=O)c2nccc3ccccc23)o1. The molecule has 0 saturated carbocycles. The number of carbonyl (C=O) groups is 1. The van der Waals surface area contributed by atoms with Crippen molar-refractivity contribution in [2.24, 2.45) is 0 Å². The van der Waals surface area contributed by atoms with Crippen LogP contribution in [0.2, 0.25) is 0 Å². The van der Waals surface area contributed by atoms with Gasteiger partial charge in [0.15, 0.2) is 0 Å². The topological polar surface area (TPSA) is 68.5 Å². The van der Waals surface area contributed by atoms with Crippen LogP contribution in [0.3, 0.4) is 0 Å². The van der Waals surface area contributed by atoms with Crippen molar-refractivity contribution in [3.8, 4) is 5.75 Å². The fourth-order valence-corrected chi connectivity index (χ4v) is 4.45. The van der Waals surface area contributed by atoms with Crippen molar-refractivity contribution in [1.82, 2.24) is 14.9 Å². The molecule has 32 heavy (non-hydrogen) atoms. The first-order valence-electron chi connectivity index (χ1n) is 11.0. The lowest BCUT2D eigenvalue weighted by Crippen LogP contribution is -2.39. The van der Waals surface area contributed by atoms with Gasteiger partial charge in [-0.1, -0.05) is 42.5 Å². The van der Waals surface area contributed by atoms with Gasteiger partial charge < -0.3 is 14.1 Å². The van der Waals surface area contributed by atoms with Crippen molar-refractivity contribution < 1.29 is 13.9 Å². The number of hydrogen-bond acceptors (Lipinski definition) is 5. The standard InChI is InChI=1S/C26H25N3O3/c1-31-23-12-5-3-9-19(23)16-20-17-28-25(32-20)22-11-6-7-15-29(22)26(30)24-21-10-4-2-8-18(21)13-14-27-24/h2-5,8-10,12-14,17,22H,6-7,11,15-16H2,1H3/t22-/m1/s1. The van der Waals surface area contributed by atoms with E-state index in [1.54, 1.807) is 19.5 Å². The van der Waals surface area contributed by atoms with E-state index in [-0.39, 0.29) is 11.9 Å². The fraction of sp³-hybridized carbons (Fsp3) is 0.269. The lowest BCUT2D eigenvalue weighted by Gasteiger charge is -2.33. The molecule has 1 aliphatic heterocycles. The third-order valence-corrected chi connectivity index (χ3v) is 6.05. The Morgan fingerprint density at radius 1 is 1.09 bits per heavy atom. The summed E-state index contributed by atoms with van der Waals surface area (Å²) in [5.41, 5.74) is 1.52. The van der Waals surface area contributed by atoms with E-state index >= 15 is 0 Å². The van der Waals surface area contributed by atoms with Gasteiger partial charge in [-0.3, -0.25) is 9.78 Å². The molecule has 6 nitrogen and oxygen atoms in total. The number of benzene rings is 2. The van der Waals surface area contributed by atoms with E-state index < -0.39 is 0 Å². The van der Waals surface area contributed by atoms with Gasteiger partial charge in [0.05, 0.1) is 13.3 Å².